The molecule has 1 amide bonds. The first kappa shape index (κ1) is 15.5. The van der Waals surface area contributed by atoms with Crippen LogP contribution < -0.4 is 10.1 Å². The first-order valence-corrected chi connectivity index (χ1v) is 7.09. The average Bonchev–Trinajstić information content (AvgIpc) is 2.59. The van der Waals surface area contributed by atoms with Gasteiger partial charge in [0.25, 0.3) is 5.91 Å². The molecule has 2 aromatic heterocycles. The zero-order valence-corrected chi connectivity index (χ0v) is 12.7. The second kappa shape index (κ2) is 6.82. The molecule has 0 aliphatic rings. The number of carbonyl (C=O) groups is 1. The van der Waals surface area contributed by atoms with E-state index in [0.29, 0.717) is 11.4 Å². The molecule has 0 atom stereocenters. The Balaban J connectivity index is 1.79. The lowest BCUT2D eigenvalue weighted by atomic mass is 10.2. The highest BCUT2D eigenvalue weighted by Gasteiger charge is 2.11. The molecule has 0 bridgehead atoms. The lowest BCUT2D eigenvalue weighted by Crippen LogP contribution is -2.14. The largest absolute Gasteiger partial charge is 0.451 e. The summed E-state index contributed by atoms with van der Waals surface area (Å²) >= 11 is 0. The van der Waals surface area contributed by atoms with Crippen molar-refractivity contribution in [3.05, 3.63) is 72.3 Å². The molecule has 1 aromatic carbocycles. The van der Waals surface area contributed by atoms with Crippen LogP contribution >= 0.6 is 0 Å². The molecular weight excluding hydrogens is 311 g/mol. The quantitative estimate of drug-likeness (QED) is 0.796. The summed E-state index contributed by atoms with van der Waals surface area (Å²) in [5, 5.41) is 2.66. The summed E-state index contributed by atoms with van der Waals surface area (Å²) in [7, 11) is 0. The smallest absolute Gasteiger partial charge is 0.274 e. The van der Waals surface area contributed by atoms with Crippen molar-refractivity contribution in [2.75, 3.05) is 5.32 Å². The van der Waals surface area contributed by atoms with E-state index < -0.39 is 5.82 Å². The molecule has 6 nitrogen and oxygen atoms in total. The molecule has 1 N–H and O–H groups in total. The van der Waals surface area contributed by atoms with Crippen molar-refractivity contribution < 1.29 is 13.9 Å². The number of rotatable bonds is 4. The van der Waals surface area contributed by atoms with Crippen molar-refractivity contribution in [3.8, 4) is 11.5 Å². The summed E-state index contributed by atoms with van der Waals surface area (Å²) in [6.45, 7) is 1.79. The summed E-state index contributed by atoms with van der Waals surface area (Å²) in [6.07, 6.45) is 4.16. The van der Waals surface area contributed by atoms with Crippen LogP contribution in [0.2, 0.25) is 0 Å². The Bertz CT molecular complexity index is 871. The van der Waals surface area contributed by atoms with Gasteiger partial charge in [-0.25, -0.2) is 19.3 Å². The van der Waals surface area contributed by atoms with Crippen LogP contribution in [-0.4, -0.2) is 20.9 Å². The predicted molar refractivity (Wildman–Crippen MR) is 85.4 cm³/mol. The summed E-state index contributed by atoms with van der Waals surface area (Å²) in [5.41, 5.74) is 1.39. The third kappa shape index (κ3) is 3.70. The Morgan fingerprint density at radius 2 is 1.96 bits per heavy atom. The summed E-state index contributed by atoms with van der Waals surface area (Å²) in [5.74, 6) is -0.704. The van der Waals surface area contributed by atoms with E-state index in [0.717, 1.165) is 5.69 Å². The number of amides is 1. The SMILES string of the molecule is Cc1cccc(C(=O)Nc2ccc(F)c(Oc3cncnc3)c2)n1. The molecule has 0 saturated carbocycles. The van der Waals surface area contributed by atoms with Crippen molar-refractivity contribution in [1.29, 1.82) is 0 Å². The maximum atomic E-state index is 13.9. The van der Waals surface area contributed by atoms with Crippen molar-refractivity contribution in [3.63, 3.8) is 0 Å². The predicted octanol–water partition coefficient (Wildman–Crippen LogP) is 3.36. The van der Waals surface area contributed by atoms with Crippen molar-refractivity contribution in [2.45, 2.75) is 6.92 Å². The maximum absolute atomic E-state index is 13.9. The number of anilines is 1. The zero-order chi connectivity index (χ0) is 16.9. The van der Waals surface area contributed by atoms with Gasteiger partial charge in [-0.2, -0.15) is 0 Å². The summed E-state index contributed by atoms with van der Waals surface area (Å²) in [4.78, 5) is 23.9. The van der Waals surface area contributed by atoms with Crippen molar-refractivity contribution in [2.24, 2.45) is 0 Å². The third-order valence-electron chi connectivity index (χ3n) is 3.07. The number of nitrogens with one attached hydrogen (secondary N) is 1. The average molecular weight is 324 g/mol. The van der Waals surface area contributed by atoms with Crippen LogP contribution in [0.3, 0.4) is 0 Å². The van der Waals surface area contributed by atoms with E-state index in [1.165, 1.54) is 36.9 Å². The number of hydrogen-bond donors (Lipinski definition) is 1. The van der Waals surface area contributed by atoms with E-state index in [9.17, 15) is 9.18 Å². The molecule has 24 heavy (non-hydrogen) atoms. The fourth-order valence-electron chi connectivity index (χ4n) is 1.99. The Kier molecular flexibility index (Phi) is 4.42. The van der Waals surface area contributed by atoms with Gasteiger partial charge in [-0.1, -0.05) is 6.07 Å². The molecule has 3 aromatic rings. The number of ether oxygens (including phenoxy) is 1. The highest BCUT2D eigenvalue weighted by molar-refractivity contribution is 6.02. The minimum Gasteiger partial charge on any atom is -0.451 e. The van der Waals surface area contributed by atoms with E-state index in [1.54, 1.807) is 25.1 Å². The topological polar surface area (TPSA) is 77.0 Å². The number of benzene rings is 1. The van der Waals surface area contributed by atoms with E-state index in [2.05, 4.69) is 20.3 Å². The molecule has 0 spiro atoms. The van der Waals surface area contributed by atoms with Crippen LogP contribution in [-0.2, 0) is 0 Å². The lowest BCUT2D eigenvalue weighted by Gasteiger charge is -2.09. The summed E-state index contributed by atoms with van der Waals surface area (Å²) < 4.78 is 19.3. The van der Waals surface area contributed by atoms with Crippen molar-refractivity contribution >= 4 is 11.6 Å². The highest BCUT2D eigenvalue weighted by atomic mass is 19.1. The third-order valence-corrected chi connectivity index (χ3v) is 3.07. The van der Waals surface area contributed by atoms with E-state index >= 15 is 0 Å². The standard InChI is InChI=1S/C17H13FN4O2/c1-11-3-2-4-15(21-11)17(23)22-12-5-6-14(18)16(7-12)24-13-8-19-10-20-9-13/h2-10H,1H3,(H,22,23). The minimum atomic E-state index is -0.564. The number of aryl methyl sites for hydroxylation is 1. The second-order valence-electron chi connectivity index (χ2n) is 4.94. The monoisotopic (exact) mass is 324 g/mol. The van der Waals surface area contributed by atoms with E-state index in [4.69, 9.17) is 4.74 Å². The Morgan fingerprint density at radius 1 is 1.17 bits per heavy atom. The van der Waals surface area contributed by atoms with Crippen molar-refractivity contribution in [1.82, 2.24) is 15.0 Å². The molecule has 0 aliphatic heterocycles. The van der Waals surface area contributed by atoms with Gasteiger partial charge in [0, 0.05) is 17.4 Å². The van der Waals surface area contributed by atoms with Crippen LogP contribution in [0, 0.1) is 12.7 Å². The number of halogens is 1. The van der Waals surface area contributed by atoms with Gasteiger partial charge in [-0.05, 0) is 31.2 Å². The molecule has 120 valence electrons. The molecule has 0 radical (unpaired) electrons. The number of pyridine rings is 1. The Morgan fingerprint density at radius 3 is 2.71 bits per heavy atom. The normalized spacial score (nSPS) is 10.2. The fraction of sp³-hybridized carbons (Fsp3) is 0.0588. The van der Waals surface area contributed by atoms with Crippen LogP contribution in [0.15, 0.2) is 55.1 Å². The lowest BCUT2D eigenvalue weighted by molar-refractivity contribution is 0.102. The van der Waals surface area contributed by atoms with Gasteiger partial charge < -0.3 is 10.1 Å². The van der Waals surface area contributed by atoms with Crippen LogP contribution in [0.5, 0.6) is 11.5 Å². The highest BCUT2D eigenvalue weighted by Crippen LogP contribution is 2.26. The molecule has 7 heteroatoms. The number of aromatic nitrogens is 3. The molecule has 0 fully saturated rings. The van der Waals surface area contributed by atoms with Crippen LogP contribution in [0.1, 0.15) is 16.2 Å². The molecule has 3 rings (SSSR count). The Hall–Kier alpha value is -3.35. The minimum absolute atomic E-state index is 0.0419. The molecule has 0 unspecified atom stereocenters. The number of nitrogens with zero attached hydrogens (tertiary/aromatic N) is 3. The second-order valence-corrected chi connectivity index (χ2v) is 4.94. The summed E-state index contributed by atoms with van der Waals surface area (Å²) in [6, 6.07) is 9.17. The molecule has 2 heterocycles. The molecule has 0 saturated heterocycles. The van der Waals surface area contributed by atoms with Gasteiger partial charge in [0.2, 0.25) is 0 Å². The number of hydrogen-bond acceptors (Lipinski definition) is 5. The van der Waals surface area contributed by atoms with Crippen LogP contribution in [0.4, 0.5) is 10.1 Å². The Labute approximate surface area is 137 Å². The fourth-order valence-corrected chi connectivity index (χ4v) is 1.99. The van der Waals surface area contributed by atoms with Gasteiger partial charge in [0.15, 0.2) is 17.3 Å². The van der Waals surface area contributed by atoms with Gasteiger partial charge >= 0.3 is 0 Å². The van der Waals surface area contributed by atoms with Gasteiger partial charge in [0.05, 0.1) is 12.4 Å². The van der Waals surface area contributed by atoms with Gasteiger partial charge in [-0.3, -0.25) is 4.79 Å². The molecule has 0 aliphatic carbocycles. The number of carbonyl (C=O) groups excluding carboxylic acids is 1. The zero-order valence-electron chi connectivity index (χ0n) is 12.7. The van der Waals surface area contributed by atoms with Crippen LogP contribution in [0.25, 0.3) is 0 Å². The first-order chi connectivity index (χ1) is 11.6. The van der Waals surface area contributed by atoms with Gasteiger partial charge in [-0.15, -0.1) is 0 Å². The van der Waals surface area contributed by atoms with E-state index in [-0.39, 0.29) is 17.4 Å². The van der Waals surface area contributed by atoms with Gasteiger partial charge in [0.1, 0.15) is 12.0 Å². The first-order valence-electron chi connectivity index (χ1n) is 7.09. The maximum Gasteiger partial charge on any atom is 0.274 e. The molecular formula is C17H13FN4O2. The van der Waals surface area contributed by atoms with E-state index in [1.807, 2.05) is 0 Å².